The Hall–Kier alpha value is -0.460. The lowest BCUT2D eigenvalue weighted by atomic mass is 10.1. The van der Waals surface area contributed by atoms with Crippen molar-refractivity contribution in [2.24, 2.45) is 0 Å². The number of benzene rings is 1. The predicted octanol–water partition coefficient (Wildman–Crippen LogP) is 5.07. The van der Waals surface area contributed by atoms with Crippen LogP contribution < -0.4 is 0 Å². The van der Waals surface area contributed by atoms with E-state index in [-0.39, 0.29) is 12.2 Å². The van der Waals surface area contributed by atoms with E-state index in [1.54, 1.807) is 12.1 Å². The summed E-state index contributed by atoms with van der Waals surface area (Å²) >= 11 is 14.3. The first-order valence-corrected chi connectivity index (χ1v) is 8.00. The van der Waals surface area contributed by atoms with Crippen LogP contribution >= 0.6 is 45.8 Å². The maximum atomic E-state index is 13.8. The molecule has 0 saturated carbocycles. The number of halogens is 4. The molecule has 0 aliphatic heterocycles. The van der Waals surface area contributed by atoms with E-state index in [0.29, 0.717) is 21.6 Å². The number of nitrogens with zero attached hydrogens (tertiary/aromatic N) is 2. The summed E-state index contributed by atoms with van der Waals surface area (Å²) in [6.45, 7) is 2.07. The van der Waals surface area contributed by atoms with Gasteiger partial charge in [-0.25, -0.2) is 14.4 Å². The minimum atomic E-state index is -0.354. The maximum absolute atomic E-state index is 13.8. The zero-order chi connectivity index (χ0) is 14.7. The van der Waals surface area contributed by atoms with Crippen LogP contribution in [0.1, 0.15) is 30.4 Å². The summed E-state index contributed by atoms with van der Waals surface area (Å²) in [7, 11) is 0. The minimum Gasteiger partial charge on any atom is -0.236 e. The Bertz CT molecular complexity index is 615. The van der Waals surface area contributed by atoms with Crippen molar-refractivity contribution in [1.29, 1.82) is 0 Å². The predicted molar refractivity (Wildman–Crippen MR) is 88.0 cm³/mol. The van der Waals surface area contributed by atoms with Crippen LogP contribution in [-0.4, -0.2) is 9.97 Å². The Kier molecular flexibility index (Phi) is 5.57. The topological polar surface area (TPSA) is 25.8 Å². The van der Waals surface area contributed by atoms with E-state index in [2.05, 4.69) is 39.5 Å². The summed E-state index contributed by atoms with van der Waals surface area (Å²) in [4.78, 5) is 8.69. The molecule has 2 rings (SSSR count). The number of aromatic nitrogens is 2. The SMILES string of the molecule is CCCc1nc(Cc2c(F)cccc2Cl)nc(Cl)c1I. The average molecular weight is 425 g/mol. The fourth-order valence-corrected chi connectivity index (χ4v) is 2.80. The van der Waals surface area contributed by atoms with E-state index in [0.717, 1.165) is 22.1 Å². The van der Waals surface area contributed by atoms with Crippen LogP contribution in [-0.2, 0) is 12.8 Å². The highest BCUT2D eigenvalue weighted by Crippen LogP contribution is 2.24. The van der Waals surface area contributed by atoms with E-state index >= 15 is 0 Å². The molecule has 0 amide bonds. The van der Waals surface area contributed by atoms with Crippen LogP contribution in [0.3, 0.4) is 0 Å². The van der Waals surface area contributed by atoms with Crippen molar-refractivity contribution in [3.8, 4) is 0 Å². The van der Waals surface area contributed by atoms with E-state index in [4.69, 9.17) is 23.2 Å². The van der Waals surface area contributed by atoms with E-state index in [1.165, 1.54) is 6.07 Å². The van der Waals surface area contributed by atoms with Crippen LogP contribution in [0.4, 0.5) is 4.39 Å². The van der Waals surface area contributed by atoms with E-state index < -0.39 is 0 Å². The molecule has 106 valence electrons. The highest BCUT2D eigenvalue weighted by molar-refractivity contribution is 14.1. The number of hydrogen-bond donors (Lipinski definition) is 0. The Balaban J connectivity index is 2.39. The van der Waals surface area contributed by atoms with Crippen molar-refractivity contribution in [2.75, 3.05) is 0 Å². The lowest BCUT2D eigenvalue weighted by Gasteiger charge is -2.09. The third-order valence-corrected chi connectivity index (χ3v) is 4.89. The molecular formula is C14H12Cl2FIN2. The summed E-state index contributed by atoms with van der Waals surface area (Å²) in [5.41, 5.74) is 1.30. The molecule has 1 aromatic carbocycles. The molecule has 20 heavy (non-hydrogen) atoms. The van der Waals surface area contributed by atoms with Gasteiger partial charge in [0.1, 0.15) is 16.8 Å². The van der Waals surface area contributed by atoms with E-state index in [9.17, 15) is 4.39 Å². The van der Waals surface area contributed by atoms with Gasteiger partial charge in [0.15, 0.2) is 0 Å². The Morgan fingerprint density at radius 2 is 2.00 bits per heavy atom. The van der Waals surface area contributed by atoms with Crippen LogP contribution in [0, 0.1) is 9.39 Å². The van der Waals surface area contributed by atoms with Gasteiger partial charge in [0.2, 0.25) is 0 Å². The van der Waals surface area contributed by atoms with Gasteiger partial charge in [-0.05, 0) is 41.1 Å². The van der Waals surface area contributed by atoms with Crippen molar-refractivity contribution < 1.29 is 4.39 Å². The number of rotatable bonds is 4. The lowest BCUT2D eigenvalue weighted by molar-refractivity contribution is 0.612. The van der Waals surface area contributed by atoms with Crippen molar-refractivity contribution in [3.63, 3.8) is 0 Å². The number of hydrogen-bond acceptors (Lipinski definition) is 2. The molecule has 6 heteroatoms. The van der Waals surface area contributed by atoms with Gasteiger partial charge in [0.25, 0.3) is 0 Å². The first-order chi connectivity index (χ1) is 9.52. The highest BCUT2D eigenvalue weighted by atomic mass is 127. The van der Waals surface area contributed by atoms with Crippen molar-refractivity contribution in [1.82, 2.24) is 9.97 Å². The van der Waals surface area contributed by atoms with Crippen molar-refractivity contribution in [2.45, 2.75) is 26.2 Å². The van der Waals surface area contributed by atoms with Crippen LogP contribution in [0.25, 0.3) is 0 Å². The Labute approximate surface area is 140 Å². The molecule has 1 aromatic heterocycles. The van der Waals surface area contributed by atoms with Gasteiger partial charge < -0.3 is 0 Å². The highest BCUT2D eigenvalue weighted by Gasteiger charge is 2.14. The zero-order valence-corrected chi connectivity index (χ0v) is 14.4. The number of aryl methyl sites for hydroxylation is 1. The standard InChI is InChI=1S/C14H12Cl2FIN2/c1-2-4-11-13(18)14(16)20-12(19-11)7-8-9(15)5-3-6-10(8)17/h3,5-6H,2,4,7H2,1H3. The molecule has 0 bridgehead atoms. The Morgan fingerprint density at radius 3 is 2.65 bits per heavy atom. The molecule has 1 heterocycles. The molecule has 0 fully saturated rings. The molecule has 0 aliphatic rings. The molecule has 2 aromatic rings. The fourth-order valence-electron chi connectivity index (χ4n) is 1.85. The summed E-state index contributed by atoms with van der Waals surface area (Å²) in [6, 6.07) is 4.61. The monoisotopic (exact) mass is 424 g/mol. The van der Waals surface area contributed by atoms with E-state index in [1.807, 2.05) is 0 Å². The molecule has 2 nitrogen and oxygen atoms in total. The molecule has 0 spiro atoms. The van der Waals surface area contributed by atoms with Gasteiger partial charge in [-0.2, -0.15) is 0 Å². The van der Waals surface area contributed by atoms with Gasteiger partial charge >= 0.3 is 0 Å². The lowest BCUT2D eigenvalue weighted by Crippen LogP contribution is -2.05. The second-order valence-corrected chi connectivity index (χ2v) is 6.16. The molecule has 0 N–H and O–H groups in total. The third kappa shape index (κ3) is 3.59. The van der Waals surface area contributed by atoms with Gasteiger partial charge in [0.05, 0.1) is 9.26 Å². The zero-order valence-electron chi connectivity index (χ0n) is 10.8. The largest absolute Gasteiger partial charge is 0.236 e. The molecule has 0 radical (unpaired) electrons. The smallest absolute Gasteiger partial charge is 0.146 e. The molecule has 0 aliphatic carbocycles. The third-order valence-electron chi connectivity index (χ3n) is 2.81. The van der Waals surface area contributed by atoms with Gasteiger partial charge in [-0.3, -0.25) is 0 Å². The Morgan fingerprint density at radius 1 is 1.25 bits per heavy atom. The first kappa shape index (κ1) is 15.9. The van der Waals surface area contributed by atoms with Crippen molar-refractivity contribution >= 4 is 45.8 Å². The molecular weight excluding hydrogens is 413 g/mol. The van der Waals surface area contributed by atoms with Gasteiger partial charge in [-0.15, -0.1) is 0 Å². The summed E-state index contributed by atoms with van der Waals surface area (Å²) in [5.74, 6) is 0.138. The van der Waals surface area contributed by atoms with Crippen molar-refractivity contribution in [3.05, 3.63) is 54.8 Å². The summed E-state index contributed by atoms with van der Waals surface area (Å²) < 4.78 is 14.6. The average Bonchev–Trinajstić information content (AvgIpc) is 2.40. The second-order valence-electron chi connectivity index (χ2n) is 4.32. The second kappa shape index (κ2) is 7.00. The van der Waals surface area contributed by atoms with Gasteiger partial charge in [-0.1, -0.05) is 42.6 Å². The quantitative estimate of drug-likeness (QED) is 0.505. The fraction of sp³-hybridized carbons (Fsp3) is 0.286. The molecule has 0 saturated heterocycles. The van der Waals surface area contributed by atoms with Crippen LogP contribution in [0.15, 0.2) is 18.2 Å². The normalized spacial score (nSPS) is 10.8. The molecule has 0 atom stereocenters. The van der Waals surface area contributed by atoms with Gasteiger partial charge in [0, 0.05) is 17.0 Å². The maximum Gasteiger partial charge on any atom is 0.146 e. The molecule has 0 unspecified atom stereocenters. The van der Waals surface area contributed by atoms with Crippen LogP contribution in [0.2, 0.25) is 10.2 Å². The summed E-state index contributed by atoms with van der Waals surface area (Å²) in [6.07, 6.45) is 2.01. The minimum absolute atomic E-state index is 0.235. The summed E-state index contributed by atoms with van der Waals surface area (Å²) in [5, 5.41) is 0.784. The first-order valence-electron chi connectivity index (χ1n) is 6.16. The van der Waals surface area contributed by atoms with Crippen LogP contribution in [0.5, 0.6) is 0 Å².